The standard InChI is InChI=1S/C11H15ClN2O2S/c12-11-5-2-1-4-10(11)6-9-17(15,16)14-8-3-7-13/h1-2,4-6,9,14H,3,7-8,13H2. The summed E-state index contributed by atoms with van der Waals surface area (Å²) < 4.78 is 25.4. The van der Waals surface area contributed by atoms with Crippen molar-refractivity contribution in [3.8, 4) is 0 Å². The van der Waals surface area contributed by atoms with Gasteiger partial charge in [0.05, 0.1) is 0 Å². The van der Waals surface area contributed by atoms with E-state index in [1.807, 2.05) is 0 Å². The van der Waals surface area contributed by atoms with Crippen molar-refractivity contribution in [1.29, 1.82) is 0 Å². The molecule has 0 saturated heterocycles. The van der Waals surface area contributed by atoms with Gasteiger partial charge in [-0.3, -0.25) is 0 Å². The summed E-state index contributed by atoms with van der Waals surface area (Å²) in [4.78, 5) is 0. The molecule has 1 aromatic rings. The molecule has 4 nitrogen and oxygen atoms in total. The minimum atomic E-state index is -3.41. The Kier molecular flexibility index (Phi) is 5.64. The van der Waals surface area contributed by atoms with Gasteiger partial charge in [-0.25, -0.2) is 13.1 Å². The second-order valence-corrected chi connectivity index (χ2v) is 5.46. The zero-order valence-electron chi connectivity index (χ0n) is 9.27. The molecule has 94 valence electrons. The summed E-state index contributed by atoms with van der Waals surface area (Å²) >= 11 is 5.90. The quantitative estimate of drug-likeness (QED) is 0.774. The fourth-order valence-electron chi connectivity index (χ4n) is 1.14. The maximum atomic E-state index is 11.5. The van der Waals surface area contributed by atoms with Gasteiger partial charge in [-0.2, -0.15) is 0 Å². The first-order valence-electron chi connectivity index (χ1n) is 5.17. The third-order valence-corrected chi connectivity index (χ3v) is 3.46. The number of nitrogens with one attached hydrogen (secondary N) is 1. The SMILES string of the molecule is NCCCNS(=O)(=O)C=Cc1ccccc1Cl. The smallest absolute Gasteiger partial charge is 0.233 e. The summed E-state index contributed by atoms with van der Waals surface area (Å²) in [6.45, 7) is 0.794. The Balaban J connectivity index is 2.67. The summed E-state index contributed by atoms with van der Waals surface area (Å²) in [5, 5.41) is 1.62. The average Bonchev–Trinajstić information content (AvgIpc) is 2.28. The third-order valence-electron chi connectivity index (χ3n) is 2.02. The Bertz CT molecular complexity index is 486. The van der Waals surface area contributed by atoms with Gasteiger partial charge in [0.15, 0.2) is 0 Å². The number of halogens is 1. The highest BCUT2D eigenvalue weighted by molar-refractivity contribution is 7.92. The molecule has 0 aliphatic heterocycles. The van der Waals surface area contributed by atoms with Crippen molar-refractivity contribution < 1.29 is 8.42 Å². The number of nitrogens with two attached hydrogens (primary N) is 1. The molecule has 0 fully saturated rings. The molecule has 3 N–H and O–H groups in total. The van der Waals surface area contributed by atoms with Crippen LogP contribution in [0, 0.1) is 0 Å². The Hall–Kier alpha value is -0.880. The summed E-state index contributed by atoms with van der Waals surface area (Å²) in [7, 11) is -3.41. The van der Waals surface area contributed by atoms with Crippen LogP contribution in [0.25, 0.3) is 6.08 Å². The number of benzene rings is 1. The predicted octanol–water partition coefficient (Wildman–Crippen LogP) is 1.58. The Morgan fingerprint density at radius 2 is 2.06 bits per heavy atom. The van der Waals surface area contributed by atoms with Crippen LogP contribution in [0.3, 0.4) is 0 Å². The lowest BCUT2D eigenvalue weighted by Gasteiger charge is -2.01. The van der Waals surface area contributed by atoms with Gasteiger partial charge in [0.2, 0.25) is 10.0 Å². The first-order valence-corrected chi connectivity index (χ1v) is 7.10. The van der Waals surface area contributed by atoms with Gasteiger partial charge in [-0.05, 0) is 30.7 Å². The molecule has 0 unspecified atom stereocenters. The van der Waals surface area contributed by atoms with E-state index >= 15 is 0 Å². The number of hydrogen-bond acceptors (Lipinski definition) is 3. The molecule has 1 rings (SSSR count). The molecule has 0 aromatic heterocycles. The minimum Gasteiger partial charge on any atom is -0.330 e. The van der Waals surface area contributed by atoms with E-state index in [9.17, 15) is 8.42 Å². The van der Waals surface area contributed by atoms with Crippen LogP contribution in [0.4, 0.5) is 0 Å². The lowest BCUT2D eigenvalue weighted by Crippen LogP contribution is -2.24. The molecule has 0 saturated carbocycles. The van der Waals surface area contributed by atoms with Gasteiger partial charge in [0, 0.05) is 17.0 Å². The lowest BCUT2D eigenvalue weighted by molar-refractivity contribution is 0.589. The molecular formula is C11H15ClN2O2S. The van der Waals surface area contributed by atoms with Crippen molar-refractivity contribution in [1.82, 2.24) is 4.72 Å². The van der Waals surface area contributed by atoms with Crippen molar-refractivity contribution in [3.63, 3.8) is 0 Å². The maximum absolute atomic E-state index is 11.5. The molecule has 0 atom stereocenters. The van der Waals surface area contributed by atoms with E-state index in [0.29, 0.717) is 30.1 Å². The van der Waals surface area contributed by atoms with Gasteiger partial charge in [-0.15, -0.1) is 0 Å². The molecule has 0 spiro atoms. The van der Waals surface area contributed by atoms with Crippen LogP contribution in [-0.2, 0) is 10.0 Å². The average molecular weight is 275 g/mol. The van der Waals surface area contributed by atoms with E-state index in [-0.39, 0.29) is 0 Å². The minimum absolute atomic E-state index is 0.339. The van der Waals surface area contributed by atoms with E-state index in [1.165, 1.54) is 6.08 Å². The molecule has 1 aromatic carbocycles. The van der Waals surface area contributed by atoms with Gasteiger partial charge >= 0.3 is 0 Å². The first-order chi connectivity index (χ1) is 8.05. The maximum Gasteiger partial charge on any atom is 0.233 e. The van der Waals surface area contributed by atoms with Crippen molar-refractivity contribution in [2.24, 2.45) is 5.73 Å². The molecule has 0 aliphatic rings. The summed E-state index contributed by atoms with van der Waals surface area (Å²) in [5.41, 5.74) is 5.94. The summed E-state index contributed by atoms with van der Waals surface area (Å²) in [6, 6.07) is 7.03. The predicted molar refractivity (Wildman–Crippen MR) is 71.1 cm³/mol. The van der Waals surface area contributed by atoms with Crippen molar-refractivity contribution >= 4 is 27.7 Å². The van der Waals surface area contributed by atoms with Gasteiger partial charge < -0.3 is 5.73 Å². The van der Waals surface area contributed by atoms with Crippen molar-refractivity contribution in [2.75, 3.05) is 13.1 Å². The molecule has 17 heavy (non-hydrogen) atoms. The van der Waals surface area contributed by atoms with Gasteiger partial charge in [0.25, 0.3) is 0 Å². The van der Waals surface area contributed by atoms with Crippen LogP contribution >= 0.6 is 11.6 Å². The number of rotatable bonds is 6. The normalized spacial score (nSPS) is 12.1. The van der Waals surface area contributed by atoms with Gasteiger partial charge in [0.1, 0.15) is 0 Å². The molecule has 6 heteroatoms. The molecule has 0 bridgehead atoms. The highest BCUT2D eigenvalue weighted by Gasteiger charge is 2.03. The van der Waals surface area contributed by atoms with Crippen LogP contribution in [0.1, 0.15) is 12.0 Å². The van der Waals surface area contributed by atoms with E-state index in [2.05, 4.69) is 4.72 Å². The second kappa shape index (κ2) is 6.76. The lowest BCUT2D eigenvalue weighted by atomic mass is 10.2. The van der Waals surface area contributed by atoms with Crippen LogP contribution in [-0.4, -0.2) is 21.5 Å². The fourth-order valence-corrected chi connectivity index (χ4v) is 2.19. The molecule has 0 heterocycles. The zero-order valence-corrected chi connectivity index (χ0v) is 10.8. The molecule has 0 radical (unpaired) electrons. The first kappa shape index (κ1) is 14.2. The molecule has 0 amide bonds. The van der Waals surface area contributed by atoms with E-state index in [4.69, 9.17) is 17.3 Å². The van der Waals surface area contributed by atoms with E-state index < -0.39 is 10.0 Å². The van der Waals surface area contributed by atoms with Crippen molar-refractivity contribution in [3.05, 3.63) is 40.3 Å². The van der Waals surface area contributed by atoms with Crippen LogP contribution in [0.5, 0.6) is 0 Å². The third kappa shape index (κ3) is 5.32. The summed E-state index contributed by atoms with van der Waals surface area (Å²) in [6.07, 6.45) is 2.08. The number of hydrogen-bond donors (Lipinski definition) is 2. The second-order valence-electron chi connectivity index (χ2n) is 3.41. The highest BCUT2D eigenvalue weighted by atomic mass is 35.5. The Labute approximate surface area is 107 Å². The van der Waals surface area contributed by atoms with Crippen molar-refractivity contribution in [2.45, 2.75) is 6.42 Å². The molecule has 0 aliphatic carbocycles. The summed E-state index contributed by atoms with van der Waals surface area (Å²) in [5.74, 6) is 0. The Morgan fingerprint density at radius 1 is 1.35 bits per heavy atom. The number of sulfonamides is 1. The van der Waals surface area contributed by atoms with Gasteiger partial charge in [-0.1, -0.05) is 29.8 Å². The Morgan fingerprint density at radius 3 is 2.71 bits per heavy atom. The highest BCUT2D eigenvalue weighted by Crippen LogP contribution is 2.16. The fraction of sp³-hybridized carbons (Fsp3) is 0.273. The van der Waals surface area contributed by atoms with E-state index in [1.54, 1.807) is 24.3 Å². The topological polar surface area (TPSA) is 72.2 Å². The van der Waals surface area contributed by atoms with Crippen LogP contribution < -0.4 is 10.5 Å². The van der Waals surface area contributed by atoms with E-state index in [0.717, 1.165) is 5.41 Å². The molecular weight excluding hydrogens is 260 g/mol. The van der Waals surface area contributed by atoms with Crippen LogP contribution in [0.15, 0.2) is 29.7 Å². The monoisotopic (exact) mass is 274 g/mol. The van der Waals surface area contributed by atoms with Crippen LogP contribution in [0.2, 0.25) is 5.02 Å². The largest absolute Gasteiger partial charge is 0.330 e. The zero-order chi connectivity index (χ0) is 12.7.